The number of nitrogens with one attached hydrogen (secondary N) is 2. The number of nitrogens with zero attached hydrogens (tertiary/aromatic N) is 1. The second-order valence-electron chi connectivity index (χ2n) is 7.11. The Bertz CT molecular complexity index is 989. The summed E-state index contributed by atoms with van der Waals surface area (Å²) in [5, 5.41) is 5.29. The number of hydrogen-bond acceptors (Lipinski definition) is 2. The van der Waals surface area contributed by atoms with Crippen LogP contribution in [-0.2, 0) is 4.74 Å². The number of carbonyl (C=O) groups excluding carboxylic acids is 1. The number of aromatic nitrogens is 1. The van der Waals surface area contributed by atoms with Gasteiger partial charge in [-0.1, -0.05) is 47.5 Å². The number of methoxy groups -OCH3 is 1. The first kappa shape index (κ1) is 21.5. The van der Waals surface area contributed by atoms with Crippen molar-refractivity contribution in [3.05, 3.63) is 69.8 Å². The maximum atomic E-state index is 12.7. The molecule has 0 aliphatic heterocycles. The number of fused-ring (bicyclic) bond motifs is 1. The van der Waals surface area contributed by atoms with Gasteiger partial charge in [0.2, 0.25) is 0 Å². The number of halogens is 2. The summed E-state index contributed by atoms with van der Waals surface area (Å²) < 4.78 is 5.15. The topological polar surface area (TPSA) is 57.4 Å². The monoisotopic (exact) mass is 433 g/mol. The summed E-state index contributed by atoms with van der Waals surface area (Å²) in [5.74, 6) is -0.133. The molecule has 5 nitrogen and oxygen atoms in total. The van der Waals surface area contributed by atoms with Gasteiger partial charge < -0.3 is 19.9 Å². The number of benzene rings is 2. The van der Waals surface area contributed by atoms with Gasteiger partial charge in [0.1, 0.15) is 0 Å². The first-order chi connectivity index (χ1) is 13.9. The van der Waals surface area contributed by atoms with Crippen molar-refractivity contribution in [2.24, 2.45) is 0 Å². The summed E-state index contributed by atoms with van der Waals surface area (Å²) in [6, 6.07) is 13.3. The predicted molar refractivity (Wildman–Crippen MR) is 119 cm³/mol. The molecular weight excluding hydrogens is 409 g/mol. The van der Waals surface area contributed by atoms with Crippen LogP contribution in [0.4, 0.5) is 4.79 Å². The summed E-state index contributed by atoms with van der Waals surface area (Å²) in [4.78, 5) is 17.6. The molecule has 3 aromatic rings. The fraction of sp³-hybridized carbons (Fsp3) is 0.318. The van der Waals surface area contributed by atoms with Crippen LogP contribution in [0.5, 0.6) is 0 Å². The van der Waals surface area contributed by atoms with E-state index >= 15 is 0 Å². The highest BCUT2D eigenvalue weighted by Gasteiger charge is 2.23. The lowest BCUT2D eigenvalue weighted by atomic mass is 9.91. The van der Waals surface area contributed by atoms with Gasteiger partial charge in [0, 0.05) is 53.8 Å². The zero-order chi connectivity index (χ0) is 21.0. The van der Waals surface area contributed by atoms with E-state index in [4.69, 9.17) is 27.9 Å². The van der Waals surface area contributed by atoms with E-state index in [1.165, 1.54) is 0 Å². The van der Waals surface area contributed by atoms with Crippen LogP contribution in [0.15, 0.2) is 48.7 Å². The molecule has 0 radical (unpaired) electrons. The van der Waals surface area contributed by atoms with Crippen LogP contribution >= 0.6 is 23.2 Å². The zero-order valence-electron chi connectivity index (χ0n) is 16.7. The average molecular weight is 434 g/mol. The Morgan fingerprint density at radius 3 is 2.69 bits per heavy atom. The van der Waals surface area contributed by atoms with E-state index in [1.54, 1.807) is 25.1 Å². The van der Waals surface area contributed by atoms with Crippen molar-refractivity contribution < 1.29 is 9.53 Å². The lowest BCUT2D eigenvalue weighted by Crippen LogP contribution is -2.45. The SMILES string of the molecule is COCC(C)N(C)C(=O)NCC(c1ccc(Cl)cc1Cl)c1c[nH]c2ccccc12. The highest BCUT2D eigenvalue weighted by atomic mass is 35.5. The highest BCUT2D eigenvalue weighted by Crippen LogP contribution is 2.35. The van der Waals surface area contributed by atoms with Crippen LogP contribution in [0, 0.1) is 0 Å². The van der Waals surface area contributed by atoms with E-state index in [0.717, 1.165) is 22.0 Å². The lowest BCUT2D eigenvalue weighted by molar-refractivity contribution is 0.123. The minimum Gasteiger partial charge on any atom is -0.383 e. The smallest absolute Gasteiger partial charge is 0.317 e. The van der Waals surface area contributed by atoms with E-state index < -0.39 is 0 Å². The molecule has 29 heavy (non-hydrogen) atoms. The van der Waals surface area contributed by atoms with Crippen LogP contribution in [0.2, 0.25) is 10.0 Å². The van der Waals surface area contributed by atoms with Crippen molar-refractivity contribution in [3.63, 3.8) is 0 Å². The summed E-state index contributed by atoms with van der Waals surface area (Å²) in [6.07, 6.45) is 1.98. The number of ether oxygens (including phenoxy) is 1. The molecular formula is C22H25Cl2N3O2. The van der Waals surface area contributed by atoms with Gasteiger partial charge in [-0.3, -0.25) is 0 Å². The average Bonchev–Trinajstić information content (AvgIpc) is 3.13. The first-order valence-corrected chi connectivity index (χ1v) is 10.2. The minimum atomic E-state index is -0.163. The molecule has 0 aliphatic rings. The van der Waals surface area contributed by atoms with Crippen molar-refractivity contribution in [2.75, 3.05) is 27.3 Å². The van der Waals surface area contributed by atoms with Crippen LogP contribution in [0.25, 0.3) is 10.9 Å². The summed E-state index contributed by atoms with van der Waals surface area (Å²) in [6.45, 7) is 2.81. The van der Waals surface area contributed by atoms with Crippen molar-refractivity contribution in [3.8, 4) is 0 Å². The molecule has 1 heterocycles. The Balaban J connectivity index is 1.91. The summed E-state index contributed by atoms with van der Waals surface area (Å²) in [5.41, 5.74) is 3.01. The molecule has 2 atom stereocenters. The van der Waals surface area contributed by atoms with Gasteiger partial charge in [0.25, 0.3) is 0 Å². The number of carbonyl (C=O) groups is 1. The number of rotatable bonds is 7. The Kier molecular flexibility index (Phi) is 7.06. The molecule has 154 valence electrons. The second kappa shape index (κ2) is 9.53. The number of para-hydroxylation sites is 1. The van der Waals surface area contributed by atoms with Gasteiger partial charge in [0.05, 0.1) is 12.6 Å². The largest absolute Gasteiger partial charge is 0.383 e. The molecule has 2 aromatic carbocycles. The molecule has 2 unspecified atom stereocenters. The molecule has 7 heteroatoms. The van der Waals surface area contributed by atoms with Crippen LogP contribution < -0.4 is 5.32 Å². The van der Waals surface area contributed by atoms with E-state index in [-0.39, 0.29) is 18.0 Å². The third-order valence-corrected chi connectivity index (χ3v) is 5.74. The molecule has 0 spiro atoms. The van der Waals surface area contributed by atoms with E-state index in [2.05, 4.69) is 16.4 Å². The molecule has 3 rings (SSSR count). The third-order valence-electron chi connectivity index (χ3n) is 5.18. The lowest BCUT2D eigenvalue weighted by Gasteiger charge is -2.26. The molecule has 0 bridgehead atoms. The second-order valence-corrected chi connectivity index (χ2v) is 7.95. The number of aromatic amines is 1. The maximum Gasteiger partial charge on any atom is 0.317 e. The van der Waals surface area contributed by atoms with Gasteiger partial charge >= 0.3 is 6.03 Å². The van der Waals surface area contributed by atoms with Gasteiger partial charge in [-0.2, -0.15) is 0 Å². The minimum absolute atomic E-state index is 0.0364. The fourth-order valence-corrected chi connectivity index (χ4v) is 3.96. The summed E-state index contributed by atoms with van der Waals surface area (Å²) in [7, 11) is 3.38. The van der Waals surface area contributed by atoms with Crippen molar-refractivity contribution in [2.45, 2.75) is 18.9 Å². The van der Waals surface area contributed by atoms with E-state index in [1.807, 2.05) is 43.5 Å². The van der Waals surface area contributed by atoms with Gasteiger partial charge in [0.15, 0.2) is 0 Å². The molecule has 0 aliphatic carbocycles. The van der Waals surface area contributed by atoms with Gasteiger partial charge in [-0.05, 0) is 36.2 Å². The van der Waals surface area contributed by atoms with E-state index in [9.17, 15) is 4.79 Å². The maximum absolute atomic E-state index is 12.7. The Labute approximate surface area is 180 Å². The number of likely N-dealkylation sites (N-methyl/N-ethyl adjacent to an activating group) is 1. The van der Waals surface area contributed by atoms with Crippen molar-refractivity contribution in [1.82, 2.24) is 15.2 Å². The summed E-state index contributed by atoms with van der Waals surface area (Å²) >= 11 is 12.6. The van der Waals surface area contributed by atoms with E-state index in [0.29, 0.717) is 23.2 Å². The fourth-order valence-electron chi connectivity index (χ4n) is 3.42. The van der Waals surface area contributed by atoms with Gasteiger partial charge in [-0.15, -0.1) is 0 Å². The van der Waals surface area contributed by atoms with Gasteiger partial charge in [-0.25, -0.2) is 4.79 Å². The molecule has 0 fully saturated rings. The quantitative estimate of drug-likeness (QED) is 0.532. The first-order valence-electron chi connectivity index (χ1n) is 9.43. The van der Waals surface area contributed by atoms with Crippen molar-refractivity contribution >= 4 is 40.1 Å². The number of amides is 2. The Morgan fingerprint density at radius 1 is 1.21 bits per heavy atom. The normalized spacial score (nSPS) is 13.3. The number of H-pyrrole nitrogens is 1. The van der Waals surface area contributed by atoms with Crippen LogP contribution in [-0.4, -0.2) is 49.3 Å². The Hall–Kier alpha value is -2.21. The molecule has 0 saturated heterocycles. The Morgan fingerprint density at radius 2 is 1.97 bits per heavy atom. The standard InChI is InChI=1S/C22H25Cl2N3O2/c1-14(13-29-3)27(2)22(28)26-12-18(16-9-8-15(23)10-20(16)24)19-11-25-21-7-5-4-6-17(19)21/h4-11,14,18,25H,12-13H2,1-3H3,(H,26,28). The highest BCUT2D eigenvalue weighted by molar-refractivity contribution is 6.35. The third kappa shape index (κ3) is 4.86. The molecule has 0 saturated carbocycles. The number of hydrogen-bond donors (Lipinski definition) is 2. The molecule has 2 amide bonds. The van der Waals surface area contributed by atoms with Crippen LogP contribution in [0.1, 0.15) is 24.0 Å². The zero-order valence-corrected chi connectivity index (χ0v) is 18.2. The molecule has 2 N–H and O–H groups in total. The number of urea groups is 1. The van der Waals surface area contributed by atoms with Crippen LogP contribution in [0.3, 0.4) is 0 Å². The van der Waals surface area contributed by atoms with Crippen molar-refractivity contribution in [1.29, 1.82) is 0 Å². The molecule has 1 aromatic heterocycles. The predicted octanol–water partition coefficient (Wildman–Crippen LogP) is 5.28.